The lowest BCUT2D eigenvalue weighted by Gasteiger charge is -2.14. The summed E-state index contributed by atoms with van der Waals surface area (Å²) in [5.41, 5.74) is 1.33. The number of ether oxygens (including phenoxy) is 1. The number of anilines is 1. The molecule has 2 aromatic rings. The van der Waals surface area contributed by atoms with E-state index >= 15 is 0 Å². The summed E-state index contributed by atoms with van der Waals surface area (Å²) >= 11 is 1.28. The maximum atomic E-state index is 12.8. The Morgan fingerprint density at radius 2 is 1.96 bits per heavy atom. The highest BCUT2D eigenvalue weighted by Gasteiger charge is 2.38. The van der Waals surface area contributed by atoms with Crippen LogP contribution in [0.25, 0.3) is 0 Å². The van der Waals surface area contributed by atoms with Gasteiger partial charge in [0.15, 0.2) is 5.17 Å². The van der Waals surface area contributed by atoms with Gasteiger partial charge < -0.3 is 10.1 Å². The van der Waals surface area contributed by atoms with E-state index in [-0.39, 0.29) is 18.2 Å². The van der Waals surface area contributed by atoms with Crippen molar-refractivity contribution in [2.24, 2.45) is 4.99 Å². The summed E-state index contributed by atoms with van der Waals surface area (Å²) < 4.78 is 5.33. The van der Waals surface area contributed by atoms with E-state index in [4.69, 9.17) is 4.74 Å². The predicted molar refractivity (Wildman–Crippen MR) is 113 cm³/mol. The van der Waals surface area contributed by atoms with Crippen LogP contribution in [0.3, 0.4) is 0 Å². The van der Waals surface area contributed by atoms with Crippen LogP contribution in [0.1, 0.15) is 6.42 Å². The van der Waals surface area contributed by atoms with Crippen LogP contribution in [-0.2, 0) is 9.59 Å². The zero-order valence-electron chi connectivity index (χ0n) is 15.5. The van der Waals surface area contributed by atoms with Crippen LogP contribution in [0.2, 0.25) is 0 Å². The number of carbonyl (C=O) groups excluding carboxylic acids is 2. The van der Waals surface area contributed by atoms with Crippen LogP contribution in [0.15, 0.2) is 72.2 Å². The van der Waals surface area contributed by atoms with Gasteiger partial charge in [-0.3, -0.25) is 14.5 Å². The average molecular weight is 395 g/mol. The van der Waals surface area contributed by atoms with Crippen LogP contribution < -0.4 is 10.1 Å². The Bertz CT molecular complexity index is 899. The van der Waals surface area contributed by atoms with Crippen molar-refractivity contribution in [1.29, 1.82) is 0 Å². The van der Waals surface area contributed by atoms with Gasteiger partial charge in [0.25, 0.3) is 0 Å². The number of carbonyl (C=O) groups is 2. The van der Waals surface area contributed by atoms with Gasteiger partial charge in [-0.25, -0.2) is 4.99 Å². The normalized spacial score (nSPS) is 17.6. The monoisotopic (exact) mass is 395 g/mol. The fourth-order valence-electron chi connectivity index (χ4n) is 2.75. The lowest BCUT2D eigenvalue weighted by Crippen LogP contribution is -2.33. The molecule has 0 bridgehead atoms. The van der Waals surface area contributed by atoms with Gasteiger partial charge >= 0.3 is 0 Å². The molecule has 6 nitrogen and oxygen atoms in total. The zero-order valence-corrected chi connectivity index (χ0v) is 16.3. The van der Waals surface area contributed by atoms with Crippen molar-refractivity contribution in [3.8, 4) is 5.75 Å². The minimum atomic E-state index is -0.530. The lowest BCUT2D eigenvalue weighted by atomic mass is 10.2. The van der Waals surface area contributed by atoms with Crippen molar-refractivity contribution < 1.29 is 14.3 Å². The van der Waals surface area contributed by atoms with Gasteiger partial charge in [0.1, 0.15) is 16.7 Å². The van der Waals surface area contributed by atoms with E-state index in [1.807, 2.05) is 42.5 Å². The molecule has 2 amide bonds. The number of nitrogens with one attached hydrogen (secondary N) is 1. The minimum absolute atomic E-state index is 0.0665. The van der Waals surface area contributed by atoms with Crippen molar-refractivity contribution in [3.05, 3.63) is 67.3 Å². The molecular weight excluding hydrogens is 374 g/mol. The quantitative estimate of drug-likeness (QED) is 0.723. The molecule has 0 saturated carbocycles. The molecule has 1 aliphatic rings. The third-order valence-electron chi connectivity index (χ3n) is 4.06. The molecule has 1 aliphatic heterocycles. The van der Waals surface area contributed by atoms with Crippen molar-refractivity contribution in [2.75, 3.05) is 19.0 Å². The number of benzene rings is 2. The maximum absolute atomic E-state index is 12.8. The number of amidine groups is 1. The van der Waals surface area contributed by atoms with Crippen molar-refractivity contribution >= 4 is 40.1 Å². The number of thioether (sulfide) groups is 1. The average Bonchev–Trinajstić information content (AvgIpc) is 2.98. The highest BCUT2D eigenvalue weighted by Crippen LogP contribution is 2.34. The van der Waals surface area contributed by atoms with Crippen molar-refractivity contribution in [1.82, 2.24) is 4.90 Å². The molecule has 7 heteroatoms. The molecular formula is C21H21N3O3S. The zero-order chi connectivity index (χ0) is 19.9. The molecule has 144 valence electrons. The molecule has 1 heterocycles. The third kappa shape index (κ3) is 4.61. The highest BCUT2D eigenvalue weighted by atomic mass is 32.2. The largest absolute Gasteiger partial charge is 0.494 e. The van der Waals surface area contributed by atoms with Crippen LogP contribution >= 0.6 is 11.8 Å². The molecule has 0 spiro atoms. The number of nitrogens with zero attached hydrogens (tertiary/aromatic N) is 2. The SMILES string of the molecule is C=CCN1C(=O)[C@H](CC(=O)Nc2ccccc2)SC1=Nc1ccccc1OC. The molecule has 0 aromatic heterocycles. The number of amides is 2. The molecule has 0 aliphatic carbocycles. The van der Waals surface area contributed by atoms with Gasteiger partial charge in [-0.05, 0) is 24.3 Å². The molecule has 1 N–H and O–H groups in total. The van der Waals surface area contributed by atoms with E-state index in [9.17, 15) is 9.59 Å². The molecule has 0 unspecified atom stereocenters. The van der Waals surface area contributed by atoms with Crippen LogP contribution in [0, 0.1) is 0 Å². The van der Waals surface area contributed by atoms with Gasteiger partial charge in [-0.2, -0.15) is 0 Å². The second-order valence-electron chi connectivity index (χ2n) is 6.03. The molecule has 28 heavy (non-hydrogen) atoms. The third-order valence-corrected chi connectivity index (χ3v) is 5.24. The molecule has 0 radical (unpaired) electrons. The van der Waals surface area contributed by atoms with Crippen molar-refractivity contribution in [2.45, 2.75) is 11.7 Å². The Balaban J connectivity index is 1.77. The maximum Gasteiger partial charge on any atom is 0.242 e. The highest BCUT2D eigenvalue weighted by molar-refractivity contribution is 8.15. The lowest BCUT2D eigenvalue weighted by molar-refractivity contribution is -0.127. The van der Waals surface area contributed by atoms with E-state index in [1.165, 1.54) is 11.8 Å². The summed E-state index contributed by atoms with van der Waals surface area (Å²) in [7, 11) is 1.57. The van der Waals surface area contributed by atoms with E-state index in [1.54, 1.807) is 30.2 Å². The first-order valence-electron chi connectivity index (χ1n) is 8.78. The summed E-state index contributed by atoms with van der Waals surface area (Å²) in [6.45, 7) is 4.04. The van der Waals surface area contributed by atoms with Crippen LogP contribution in [0.4, 0.5) is 11.4 Å². The number of para-hydroxylation sites is 3. The minimum Gasteiger partial charge on any atom is -0.494 e. The molecule has 2 aromatic carbocycles. The number of hydrogen-bond donors (Lipinski definition) is 1. The van der Waals surface area contributed by atoms with Gasteiger partial charge in [-0.1, -0.05) is 48.2 Å². The second kappa shape index (κ2) is 9.23. The summed E-state index contributed by atoms with van der Waals surface area (Å²) in [5, 5.41) is 2.82. The first-order chi connectivity index (χ1) is 13.6. The molecule has 1 saturated heterocycles. The number of hydrogen-bond acceptors (Lipinski definition) is 5. The van der Waals surface area contributed by atoms with Crippen LogP contribution in [0.5, 0.6) is 5.75 Å². The Morgan fingerprint density at radius 3 is 2.68 bits per heavy atom. The summed E-state index contributed by atoms with van der Waals surface area (Å²) in [6.07, 6.45) is 1.71. The molecule has 3 rings (SSSR count). The van der Waals surface area contributed by atoms with Gasteiger partial charge in [0.05, 0.1) is 7.11 Å². The summed E-state index contributed by atoms with van der Waals surface area (Å²) in [5.74, 6) is 0.253. The Hall–Kier alpha value is -3.06. The standard InChI is InChI=1S/C21H21N3O3S/c1-3-13-24-20(26)18(14-19(25)22-15-9-5-4-6-10-15)28-21(24)23-16-11-7-8-12-17(16)27-2/h3-12,18H,1,13-14H2,2H3,(H,22,25)/t18-/m0/s1. The first-order valence-corrected chi connectivity index (χ1v) is 9.66. The summed E-state index contributed by atoms with van der Waals surface area (Å²) in [4.78, 5) is 31.3. The Morgan fingerprint density at radius 1 is 1.25 bits per heavy atom. The number of methoxy groups -OCH3 is 1. The van der Waals surface area contributed by atoms with E-state index in [0.717, 1.165) is 0 Å². The van der Waals surface area contributed by atoms with E-state index in [2.05, 4.69) is 16.9 Å². The van der Waals surface area contributed by atoms with E-state index < -0.39 is 5.25 Å². The van der Waals surface area contributed by atoms with Gasteiger partial charge in [0, 0.05) is 18.7 Å². The van der Waals surface area contributed by atoms with Gasteiger partial charge in [-0.15, -0.1) is 6.58 Å². The Labute approximate surface area is 168 Å². The molecule has 1 fully saturated rings. The van der Waals surface area contributed by atoms with Crippen molar-refractivity contribution in [3.63, 3.8) is 0 Å². The number of rotatable bonds is 7. The van der Waals surface area contributed by atoms with E-state index in [0.29, 0.717) is 28.8 Å². The number of aliphatic imine (C=N–C) groups is 1. The van der Waals surface area contributed by atoms with Gasteiger partial charge in [0.2, 0.25) is 11.8 Å². The molecule has 1 atom stereocenters. The summed E-state index contributed by atoms with van der Waals surface area (Å²) in [6, 6.07) is 16.5. The predicted octanol–water partition coefficient (Wildman–Crippen LogP) is 3.84. The fraction of sp³-hybridized carbons (Fsp3) is 0.190. The smallest absolute Gasteiger partial charge is 0.242 e. The second-order valence-corrected chi connectivity index (χ2v) is 7.20. The first kappa shape index (κ1) is 19.7. The fourth-order valence-corrected chi connectivity index (χ4v) is 3.91. The Kier molecular flexibility index (Phi) is 6.49. The van der Waals surface area contributed by atoms with Crippen LogP contribution in [-0.4, -0.2) is 40.8 Å². The topological polar surface area (TPSA) is 71.0 Å².